The number of likely N-dealkylation sites (N-methyl/N-ethyl adjacent to an activating group) is 1. The van der Waals surface area contributed by atoms with E-state index in [0.29, 0.717) is 66.8 Å². The van der Waals surface area contributed by atoms with Crippen LogP contribution in [0.3, 0.4) is 0 Å². The number of carbonyl (C=O) groups excluding carboxylic acids is 1. The molecule has 2 aliphatic heterocycles. The van der Waals surface area contributed by atoms with Crippen LogP contribution in [0.4, 0.5) is 16.0 Å². The van der Waals surface area contributed by atoms with Crippen LogP contribution >= 0.6 is 0 Å². The zero-order chi connectivity index (χ0) is 34.5. The van der Waals surface area contributed by atoms with Crippen LogP contribution in [0, 0.1) is 12.7 Å². The van der Waals surface area contributed by atoms with E-state index < -0.39 is 11.9 Å². The SMILES string of the molecule is CCOc1cc(F)ccc1-n1ncc2c(N3C[C@@H]4C[C@H]3C(=O)N(C)CC(OC)Cn3c(C)nc5cccc(c53)-c3cccc(n3)N4)ncnc21. The second kappa shape index (κ2) is 12.7. The Kier molecular flexibility index (Phi) is 8.02. The predicted molar refractivity (Wildman–Crippen MR) is 187 cm³/mol. The summed E-state index contributed by atoms with van der Waals surface area (Å²) in [4.78, 5) is 37.4. The molecule has 4 aromatic heterocycles. The molecule has 50 heavy (non-hydrogen) atoms. The minimum absolute atomic E-state index is 0.0582. The Morgan fingerprint density at radius 1 is 1.04 bits per heavy atom. The molecule has 0 aliphatic carbocycles. The lowest BCUT2D eigenvalue weighted by Crippen LogP contribution is -2.47. The number of pyridine rings is 1. The van der Waals surface area contributed by atoms with E-state index in [4.69, 9.17) is 24.4 Å². The van der Waals surface area contributed by atoms with E-state index in [0.717, 1.165) is 28.1 Å². The zero-order valence-corrected chi connectivity index (χ0v) is 28.2. The van der Waals surface area contributed by atoms with E-state index >= 15 is 0 Å². The predicted octanol–water partition coefficient (Wildman–Crippen LogP) is 4.62. The maximum Gasteiger partial charge on any atom is 0.245 e. The fourth-order valence-corrected chi connectivity index (χ4v) is 7.25. The molecule has 1 amide bonds. The number of para-hydroxylation sites is 1. The number of methoxy groups -OCH3 is 1. The Labute approximate surface area is 287 Å². The van der Waals surface area contributed by atoms with Gasteiger partial charge >= 0.3 is 0 Å². The van der Waals surface area contributed by atoms with E-state index in [-0.39, 0.29) is 18.1 Å². The molecule has 3 atom stereocenters. The van der Waals surface area contributed by atoms with Crippen LogP contribution in [0.1, 0.15) is 19.2 Å². The Hall–Kier alpha value is -5.63. The topological polar surface area (TPSA) is 128 Å². The Balaban J connectivity index is 1.21. The highest BCUT2D eigenvalue weighted by Crippen LogP contribution is 2.35. The quantitative estimate of drug-likeness (QED) is 0.276. The van der Waals surface area contributed by atoms with Gasteiger partial charge in [-0.25, -0.2) is 29.0 Å². The summed E-state index contributed by atoms with van der Waals surface area (Å²) in [5.41, 5.74) is 4.71. The molecule has 0 radical (unpaired) electrons. The molecule has 256 valence electrons. The Morgan fingerprint density at radius 3 is 2.74 bits per heavy atom. The van der Waals surface area contributed by atoms with Crippen LogP contribution in [0.15, 0.2) is 67.1 Å². The number of aryl methyl sites for hydroxylation is 1. The van der Waals surface area contributed by atoms with Crippen molar-refractivity contribution in [2.24, 2.45) is 0 Å². The number of imidazole rings is 1. The minimum atomic E-state index is -0.548. The second-order valence-corrected chi connectivity index (χ2v) is 12.7. The number of hydrogen-bond donors (Lipinski definition) is 1. The molecule has 8 rings (SSSR count). The molecule has 6 aromatic rings. The summed E-state index contributed by atoms with van der Waals surface area (Å²) in [5.74, 6) is 2.02. The van der Waals surface area contributed by atoms with Crippen molar-refractivity contribution in [1.29, 1.82) is 0 Å². The highest BCUT2D eigenvalue weighted by molar-refractivity contribution is 5.94. The smallest absolute Gasteiger partial charge is 0.245 e. The monoisotopic (exact) mass is 676 g/mol. The standard InChI is InChI=1S/C36H37FN10O3/c1-5-50-31-14-22(37)12-13-29(31)47-35-26(16-40-47)34(38-20-39-35)46-17-23-15-30(46)36(48)44(3)18-24(49-4)19-45-21(2)41-28-10-6-8-25(33(28)45)27-9-7-11-32(42-23)43-27/h6-14,16,20,23-24,30H,5,15,17-19H2,1-4H3,(H,42,43)/t23-,24?,30-/m0/s1. The van der Waals surface area contributed by atoms with Crippen LogP contribution in [0.2, 0.25) is 0 Å². The fraction of sp³-hybridized carbons (Fsp3) is 0.333. The van der Waals surface area contributed by atoms with Crippen LogP contribution in [-0.4, -0.2) is 97.1 Å². The van der Waals surface area contributed by atoms with E-state index in [9.17, 15) is 9.18 Å². The first kappa shape index (κ1) is 31.6. The van der Waals surface area contributed by atoms with Crippen LogP contribution in [-0.2, 0) is 16.1 Å². The van der Waals surface area contributed by atoms with Gasteiger partial charge in [0.2, 0.25) is 5.91 Å². The van der Waals surface area contributed by atoms with Crippen molar-refractivity contribution in [2.45, 2.75) is 45.0 Å². The fourth-order valence-electron chi connectivity index (χ4n) is 7.25. The average molecular weight is 677 g/mol. The molecule has 2 aliphatic rings. The van der Waals surface area contributed by atoms with Crippen molar-refractivity contribution in [3.63, 3.8) is 0 Å². The van der Waals surface area contributed by atoms with Gasteiger partial charge in [0.15, 0.2) is 5.65 Å². The lowest BCUT2D eigenvalue weighted by atomic mass is 10.1. The number of carbonyl (C=O) groups is 1. The highest BCUT2D eigenvalue weighted by atomic mass is 19.1. The van der Waals surface area contributed by atoms with Gasteiger partial charge in [-0.15, -0.1) is 0 Å². The third-order valence-electron chi connectivity index (χ3n) is 9.56. The zero-order valence-electron chi connectivity index (χ0n) is 28.2. The van der Waals surface area contributed by atoms with Crippen molar-refractivity contribution in [3.8, 4) is 22.7 Å². The molecule has 1 N–H and O–H groups in total. The number of nitrogens with zero attached hydrogens (tertiary/aromatic N) is 9. The molecule has 2 aromatic carbocycles. The van der Waals surface area contributed by atoms with Gasteiger partial charge in [-0.2, -0.15) is 5.10 Å². The summed E-state index contributed by atoms with van der Waals surface area (Å²) in [5, 5.41) is 8.89. The summed E-state index contributed by atoms with van der Waals surface area (Å²) in [6, 6.07) is 15.7. The molecule has 6 heterocycles. The van der Waals surface area contributed by atoms with Crippen molar-refractivity contribution in [2.75, 3.05) is 44.1 Å². The number of amides is 1. The second-order valence-electron chi connectivity index (χ2n) is 12.7. The minimum Gasteiger partial charge on any atom is -0.492 e. The third-order valence-corrected chi connectivity index (χ3v) is 9.56. The Bertz CT molecular complexity index is 2240. The number of nitrogens with one attached hydrogen (secondary N) is 1. The number of rotatable bonds is 5. The van der Waals surface area contributed by atoms with Crippen molar-refractivity contribution >= 4 is 39.6 Å². The molecular formula is C36H37FN10O3. The molecule has 1 fully saturated rings. The van der Waals surface area contributed by atoms with E-state index in [1.54, 1.807) is 29.0 Å². The third kappa shape index (κ3) is 5.45. The molecule has 0 saturated carbocycles. The van der Waals surface area contributed by atoms with Gasteiger partial charge < -0.3 is 29.2 Å². The van der Waals surface area contributed by atoms with E-state index in [1.165, 1.54) is 18.5 Å². The first-order valence-electron chi connectivity index (χ1n) is 16.7. The number of ether oxygens (including phenoxy) is 2. The maximum absolute atomic E-state index is 14.4. The van der Waals surface area contributed by atoms with Gasteiger partial charge in [0.25, 0.3) is 0 Å². The number of benzene rings is 2. The van der Waals surface area contributed by atoms with Crippen LogP contribution < -0.4 is 15.0 Å². The van der Waals surface area contributed by atoms with Gasteiger partial charge in [-0.1, -0.05) is 18.2 Å². The van der Waals surface area contributed by atoms with Gasteiger partial charge in [-0.3, -0.25) is 4.79 Å². The summed E-state index contributed by atoms with van der Waals surface area (Å²) in [6.07, 6.45) is 3.35. The summed E-state index contributed by atoms with van der Waals surface area (Å²) in [6.45, 7) is 5.53. The summed E-state index contributed by atoms with van der Waals surface area (Å²) in [7, 11) is 3.49. The number of anilines is 2. The molecule has 13 nitrogen and oxygen atoms in total. The number of halogens is 1. The first-order chi connectivity index (χ1) is 24.3. The molecule has 1 saturated heterocycles. The van der Waals surface area contributed by atoms with Gasteiger partial charge in [0.1, 0.15) is 47.1 Å². The Morgan fingerprint density at radius 2 is 1.90 bits per heavy atom. The van der Waals surface area contributed by atoms with E-state index in [2.05, 4.69) is 26.0 Å². The lowest BCUT2D eigenvalue weighted by Gasteiger charge is -2.30. The molecule has 1 unspecified atom stereocenters. The summed E-state index contributed by atoms with van der Waals surface area (Å²) >= 11 is 0. The van der Waals surface area contributed by atoms with Crippen LogP contribution in [0.5, 0.6) is 5.75 Å². The van der Waals surface area contributed by atoms with E-state index in [1.807, 2.05) is 56.1 Å². The summed E-state index contributed by atoms with van der Waals surface area (Å²) < 4.78 is 29.7. The molecular weight excluding hydrogens is 639 g/mol. The molecule has 4 bridgehead atoms. The average Bonchev–Trinajstić information content (AvgIpc) is 3.82. The number of hydrogen-bond acceptors (Lipinski definition) is 10. The molecule has 0 spiro atoms. The lowest BCUT2D eigenvalue weighted by molar-refractivity contribution is -0.132. The normalized spacial score (nSPS) is 19.5. The van der Waals surface area contributed by atoms with Crippen molar-refractivity contribution in [3.05, 3.63) is 78.8 Å². The molecule has 14 heteroatoms. The van der Waals surface area contributed by atoms with Crippen molar-refractivity contribution < 1.29 is 18.7 Å². The van der Waals surface area contributed by atoms with Gasteiger partial charge in [0, 0.05) is 44.9 Å². The number of fused-ring (bicyclic) bond motifs is 6. The largest absolute Gasteiger partial charge is 0.492 e. The van der Waals surface area contributed by atoms with Gasteiger partial charge in [-0.05, 0) is 50.6 Å². The van der Waals surface area contributed by atoms with Crippen LogP contribution in [0.25, 0.3) is 39.0 Å². The van der Waals surface area contributed by atoms with Crippen molar-refractivity contribution in [1.82, 2.24) is 39.2 Å². The number of aromatic nitrogens is 7. The van der Waals surface area contributed by atoms with Gasteiger partial charge in [0.05, 0.1) is 47.6 Å². The first-order valence-corrected chi connectivity index (χ1v) is 16.7. The highest BCUT2D eigenvalue weighted by Gasteiger charge is 2.41. The maximum atomic E-state index is 14.4.